The molecule has 2 N–H and O–H groups in total. The molecule has 2 aliphatic rings. The lowest BCUT2D eigenvalue weighted by molar-refractivity contribution is -0.124. The van der Waals surface area contributed by atoms with Gasteiger partial charge in [0, 0.05) is 31.1 Å². The van der Waals surface area contributed by atoms with Gasteiger partial charge in [0.2, 0.25) is 0 Å². The van der Waals surface area contributed by atoms with Crippen LogP contribution >= 0.6 is 0 Å². The Morgan fingerprint density at radius 1 is 1.34 bits per heavy atom. The molecule has 1 atom stereocenters. The Labute approximate surface area is 186 Å². The maximum Gasteiger partial charge on any atom is 0.267 e. The number of carbonyl (C=O) groups is 1. The molecule has 4 rings (SSSR count). The third-order valence-corrected chi connectivity index (χ3v) is 5.81. The van der Waals surface area contributed by atoms with Crippen molar-refractivity contribution in [3.8, 4) is 5.75 Å². The molecule has 32 heavy (non-hydrogen) atoms. The first-order valence-electron chi connectivity index (χ1n) is 10.5. The molecule has 7 nitrogen and oxygen atoms in total. The number of halogens is 1. The molecule has 1 unspecified atom stereocenters. The Balaban J connectivity index is 1.56. The molecule has 1 fully saturated rings. The maximum absolute atomic E-state index is 13.2. The second-order valence-electron chi connectivity index (χ2n) is 8.19. The van der Waals surface area contributed by atoms with Crippen molar-refractivity contribution in [3.05, 3.63) is 71.0 Å². The summed E-state index contributed by atoms with van der Waals surface area (Å²) in [6.07, 6.45) is 5.32. The zero-order valence-corrected chi connectivity index (χ0v) is 17.9. The number of piperidine rings is 1. The van der Waals surface area contributed by atoms with Gasteiger partial charge in [-0.25, -0.2) is 9.87 Å². The van der Waals surface area contributed by atoms with Crippen molar-refractivity contribution < 1.29 is 24.0 Å². The normalized spacial score (nSPS) is 22.0. The van der Waals surface area contributed by atoms with E-state index < -0.39 is 11.5 Å². The highest BCUT2D eigenvalue weighted by Crippen LogP contribution is 2.39. The van der Waals surface area contributed by atoms with Crippen molar-refractivity contribution in [1.82, 2.24) is 10.4 Å². The van der Waals surface area contributed by atoms with E-state index in [-0.39, 0.29) is 5.82 Å². The minimum Gasteiger partial charge on any atom is -0.485 e. The number of amides is 1. The summed E-state index contributed by atoms with van der Waals surface area (Å²) in [5.41, 5.74) is 4.60. The minimum atomic E-state index is -0.604. The summed E-state index contributed by atoms with van der Waals surface area (Å²) in [6.45, 7) is 2.40. The summed E-state index contributed by atoms with van der Waals surface area (Å²) < 4.78 is 19.8. The number of carbonyl (C=O) groups excluding carboxylic acids is 1. The average molecular weight is 439 g/mol. The van der Waals surface area contributed by atoms with E-state index >= 15 is 0 Å². The Hall–Kier alpha value is -3.23. The summed E-state index contributed by atoms with van der Waals surface area (Å²) in [7, 11) is 1.52. The van der Waals surface area contributed by atoms with Gasteiger partial charge in [-0.1, -0.05) is 23.4 Å². The number of ether oxygens (including phenoxy) is 1. The van der Waals surface area contributed by atoms with Crippen molar-refractivity contribution in [2.45, 2.75) is 31.4 Å². The van der Waals surface area contributed by atoms with Crippen LogP contribution in [0.5, 0.6) is 5.75 Å². The van der Waals surface area contributed by atoms with E-state index in [4.69, 9.17) is 14.8 Å². The molecule has 0 saturated carbocycles. The van der Waals surface area contributed by atoms with Crippen molar-refractivity contribution in [2.75, 3.05) is 20.2 Å². The highest BCUT2D eigenvalue weighted by atomic mass is 19.1. The number of benzene rings is 2. The largest absolute Gasteiger partial charge is 0.485 e. The second-order valence-corrected chi connectivity index (χ2v) is 8.19. The first kappa shape index (κ1) is 22.0. The molecule has 1 amide bonds. The molecule has 1 saturated heterocycles. The smallest absolute Gasteiger partial charge is 0.267 e. The molecule has 0 radical (unpaired) electrons. The van der Waals surface area contributed by atoms with Gasteiger partial charge in [0.15, 0.2) is 0 Å². The van der Waals surface area contributed by atoms with Crippen LogP contribution in [0, 0.1) is 5.82 Å². The minimum absolute atomic E-state index is 0.234. The number of rotatable bonds is 5. The van der Waals surface area contributed by atoms with Crippen molar-refractivity contribution in [2.24, 2.45) is 5.16 Å². The highest BCUT2D eigenvalue weighted by Gasteiger charge is 2.43. The predicted octanol–water partition coefficient (Wildman–Crippen LogP) is 3.51. The zero-order chi connectivity index (χ0) is 22.6. The number of hydroxylamine groups is 1. The van der Waals surface area contributed by atoms with E-state index in [9.17, 15) is 9.18 Å². The fourth-order valence-electron chi connectivity index (χ4n) is 4.44. The van der Waals surface area contributed by atoms with Crippen LogP contribution in [0.3, 0.4) is 0 Å². The van der Waals surface area contributed by atoms with Gasteiger partial charge in [0.25, 0.3) is 5.91 Å². The first-order chi connectivity index (χ1) is 15.5. The number of likely N-dealkylation sites (tertiary alicyclic amines) is 1. The van der Waals surface area contributed by atoms with Crippen LogP contribution in [-0.4, -0.2) is 47.5 Å². The van der Waals surface area contributed by atoms with Crippen LogP contribution in [-0.2, 0) is 16.2 Å². The Morgan fingerprint density at radius 2 is 2.16 bits per heavy atom. The van der Waals surface area contributed by atoms with Crippen LogP contribution < -0.4 is 10.2 Å². The second kappa shape index (κ2) is 9.50. The predicted molar refractivity (Wildman–Crippen MR) is 118 cm³/mol. The number of oxime groups is 1. The highest BCUT2D eigenvalue weighted by molar-refractivity contribution is 6.04. The van der Waals surface area contributed by atoms with Gasteiger partial charge in [-0.05, 0) is 60.9 Å². The fourth-order valence-corrected chi connectivity index (χ4v) is 4.44. The molecule has 1 spiro atoms. The SMILES string of the molecule is CO/N=C1/CC2(CCCN(Cc3ccc(F)cc3)C2)Oc2ccc(/C=C/C(=O)NO)cc21. The number of fused-ring (bicyclic) bond motifs is 1. The third kappa shape index (κ3) is 4.98. The molecule has 2 aromatic carbocycles. The molecule has 0 bridgehead atoms. The summed E-state index contributed by atoms with van der Waals surface area (Å²) >= 11 is 0. The Kier molecular flexibility index (Phi) is 6.53. The summed E-state index contributed by atoms with van der Waals surface area (Å²) in [4.78, 5) is 18.7. The molecule has 0 aromatic heterocycles. The van der Waals surface area contributed by atoms with Gasteiger partial charge in [-0.15, -0.1) is 0 Å². The van der Waals surface area contributed by atoms with Gasteiger partial charge in [-0.2, -0.15) is 0 Å². The molecule has 168 valence electrons. The van der Waals surface area contributed by atoms with E-state index in [1.54, 1.807) is 11.6 Å². The third-order valence-electron chi connectivity index (χ3n) is 5.81. The number of nitrogens with one attached hydrogen (secondary N) is 1. The maximum atomic E-state index is 13.2. The fraction of sp³-hybridized carbons (Fsp3) is 0.333. The standard InChI is InChI=1S/C24H26FN3O4/c1-31-27-21-14-24(11-2-12-28(16-24)15-18-3-7-19(25)8-4-18)32-22-9-5-17(13-20(21)22)6-10-23(29)26-30/h3-10,13,30H,2,11-12,14-16H2,1H3,(H,26,29)/b10-6+,27-21-. The number of hydrogen-bond donors (Lipinski definition) is 2. The van der Waals surface area contributed by atoms with Gasteiger partial charge in [0.05, 0.1) is 5.71 Å². The first-order valence-corrected chi connectivity index (χ1v) is 10.5. The van der Waals surface area contributed by atoms with E-state index in [0.717, 1.165) is 60.6 Å². The topological polar surface area (TPSA) is 83.4 Å². The quantitative estimate of drug-likeness (QED) is 0.423. The zero-order valence-electron chi connectivity index (χ0n) is 17.9. The van der Waals surface area contributed by atoms with E-state index in [2.05, 4.69) is 10.1 Å². The molecule has 0 aliphatic carbocycles. The van der Waals surface area contributed by atoms with Crippen molar-refractivity contribution in [1.29, 1.82) is 0 Å². The monoisotopic (exact) mass is 439 g/mol. The lowest BCUT2D eigenvalue weighted by Crippen LogP contribution is -2.54. The Morgan fingerprint density at radius 3 is 2.91 bits per heavy atom. The molecular weight excluding hydrogens is 413 g/mol. The molecule has 2 aromatic rings. The van der Waals surface area contributed by atoms with Crippen LogP contribution in [0.2, 0.25) is 0 Å². The molecule has 8 heteroatoms. The Bertz CT molecular complexity index is 1040. The summed E-state index contributed by atoms with van der Waals surface area (Å²) in [5.74, 6) is -0.116. The molecule has 2 aliphatic heterocycles. The van der Waals surface area contributed by atoms with Crippen molar-refractivity contribution >= 4 is 17.7 Å². The lowest BCUT2D eigenvalue weighted by atomic mass is 9.82. The van der Waals surface area contributed by atoms with Gasteiger partial charge in [0.1, 0.15) is 24.3 Å². The lowest BCUT2D eigenvalue weighted by Gasteiger charge is -2.45. The molecule has 2 heterocycles. The van der Waals surface area contributed by atoms with E-state index in [0.29, 0.717) is 6.42 Å². The van der Waals surface area contributed by atoms with Crippen molar-refractivity contribution in [3.63, 3.8) is 0 Å². The van der Waals surface area contributed by atoms with E-state index in [1.807, 2.05) is 30.3 Å². The average Bonchev–Trinajstić information content (AvgIpc) is 2.79. The van der Waals surface area contributed by atoms with Crippen LogP contribution in [0.25, 0.3) is 6.08 Å². The van der Waals surface area contributed by atoms with Crippen LogP contribution in [0.15, 0.2) is 53.7 Å². The summed E-state index contributed by atoms with van der Waals surface area (Å²) in [6, 6.07) is 12.2. The van der Waals surface area contributed by atoms with Gasteiger partial charge in [-0.3, -0.25) is 14.9 Å². The van der Waals surface area contributed by atoms with Crippen LogP contribution in [0.1, 0.15) is 36.0 Å². The molecular formula is C24H26FN3O4. The number of hydrogen-bond acceptors (Lipinski definition) is 6. The number of nitrogens with zero attached hydrogens (tertiary/aromatic N) is 2. The van der Waals surface area contributed by atoms with Crippen LogP contribution in [0.4, 0.5) is 4.39 Å². The van der Waals surface area contributed by atoms with Gasteiger partial charge < -0.3 is 9.57 Å². The van der Waals surface area contributed by atoms with E-state index in [1.165, 1.54) is 25.3 Å². The van der Waals surface area contributed by atoms with Gasteiger partial charge >= 0.3 is 0 Å². The summed E-state index contributed by atoms with van der Waals surface area (Å²) in [5, 5.41) is 12.9.